The minimum absolute atomic E-state index is 0. The number of carbonyl (C=O) groups excluding carboxylic acids is 1. The Bertz CT molecular complexity index is 759. The molecule has 2 aromatic rings. The van der Waals surface area contributed by atoms with E-state index in [1.54, 1.807) is 12.5 Å². The number of benzene rings is 1. The van der Waals surface area contributed by atoms with Crippen LogP contribution in [0.5, 0.6) is 0 Å². The molecular formula is C19H26ClN5O2. The maximum Gasteiger partial charge on any atom is 0.224 e. The molecule has 8 heteroatoms. The second-order valence-corrected chi connectivity index (χ2v) is 7.05. The molecule has 146 valence electrons. The number of anilines is 2. The van der Waals surface area contributed by atoms with Crippen LogP contribution in [0, 0.1) is 0 Å². The molecule has 0 spiro atoms. The fourth-order valence-corrected chi connectivity index (χ4v) is 3.87. The number of carbonyl (C=O) groups is 1. The fraction of sp³-hybridized carbons (Fsp3) is 0.474. The molecule has 3 heterocycles. The van der Waals surface area contributed by atoms with Gasteiger partial charge < -0.3 is 19.9 Å². The van der Waals surface area contributed by atoms with Crippen molar-refractivity contribution < 1.29 is 9.90 Å². The second-order valence-electron chi connectivity index (χ2n) is 7.05. The first-order valence-electron chi connectivity index (χ1n) is 9.22. The van der Waals surface area contributed by atoms with Crippen molar-refractivity contribution in [3.05, 3.63) is 42.5 Å². The molecule has 4 rings (SSSR count). The van der Waals surface area contributed by atoms with Crippen LogP contribution in [0.15, 0.2) is 36.9 Å². The number of hydrogen-bond donors (Lipinski definition) is 2. The third kappa shape index (κ3) is 4.61. The third-order valence-corrected chi connectivity index (χ3v) is 5.19. The molecule has 2 aliphatic rings. The molecule has 1 fully saturated rings. The van der Waals surface area contributed by atoms with E-state index >= 15 is 0 Å². The average molecular weight is 392 g/mol. The summed E-state index contributed by atoms with van der Waals surface area (Å²) < 4.78 is 1.91. The molecule has 1 saturated heterocycles. The molecule has 0 saturated carbocycles. The van der Waals surface area contributed by atoms with E-state index in [1.807, 2.05) is 22.9 Å². The maximum absolute atomic E-state index is 11.6. The SMILES string of the molecule is Cl.O=C1CCc2c(cccc2N2CCN(CC(O)Cn3ccnc3)CC2)N1. The summed E-state index contributed by atoms with van der Waals surface area (Å²) in [5.74, 6) is 0.103. The summed E-state index contributed by atoms with van der Waals surface area (Å²) in [6.07, 6.45) is 6.31. The maximum atomic E-state index is 11.6. The van der Waals surface area contributed by atoms with Crippen LogP contribution in [0.1, 0.15) is 12.0 Å². The van der Waals surface area contributed by atoms with Gasteiger partial charge in [0.2, 0.25) is 5.91 Å². The lowest BCUT2D eigenvalue weighted by Crippen LogP contribution is -2.49. The number of aliphatic hydroxyl groups is 1. The summed E-state index contributed by atoms with van der Waals surface area (Å²) >= 11 is 0. The lowest BCUT2D eigenvalue weighted by molar-refractivity contribution is -0.116. The zero-order valence-electron chi connectivity index (χ0n) is 15.3. The third-order valence-electron chi connectivity index (χ3n) is 5.19. The molecule has 1 aromatic heterocycles. The number of fused-ring (bicyclic) bond motifs is 1. The number of rotatable bonds is 5. The number of nitrogens with zero attached hydrogens (tertiary/aromatic N) is 4. The predicted molar refractivity (Wildman–Crippen MR) is 108 cm³/mol. The van der Waals surface area contributed by atoms with Gasteiger partial charge in [-0.3, -0.25) is 9.69 Å². The molecule has 1 unspecified atom stereocenters. The first-order valence-corrected chi connectivity index (χ1v) is 9.22. The molecule has 2 N–H and O–H groups in total. The van der Waals surface area contributed by atoms with Gasteiger partial charge in [0.05, 0.1) is 19.0 Å². The van der Waals surface area contributed by atoms with Crippen LogP contribution in [0.4, 0.5) is 11.4 Å². The highest BCUT2D eigenvalue weighted by atomic mass is 35.5. The standard InChI is InChI=1S/C19H25N5O2.ClH/c25-15(13-23-7-6-20-14-23)12-22-8-10-24(11-9-22)18-3-1-2-17-16(18)4-5-19(26)21-17;/h1-3,6-7,14-15,25H,4-5,8-13H2,(H,21,26);1H. The van der Waals surface area contributed by atoms with Crippen LogP contribution in [0.3, 0.4) is 0 Å². The van der Waals surface area contributed by atoms with E-state index in [1.165, 1.54) is 11.3 Å². The largest absolute Gasteiger partial charge is 0.390 e. The predicted octanol–water partition coefficient (Wildman–Crippen LogP) is 1.37. The Morgan fingerprint density at radius 3 is 2.70 bits per heavy atom. The van der Waals surface area contributed by atoms with E-state index in [0.717, 1.165) is 38.3 Å². The Kier molecular flexibility index (Phi) is 6.36. The quantitative estimate of drug-likeness (QED) is 0.805. The summed E-state index contributed by atoms with van der Waals surface area (Å²) in [6, 6.07) is 6.15. The van der Waals surface area contributed by atoms with Gasteiger partial charge in [-0.1, -0.05) is 6.07 Å². The van der Waals surface area contributed by atoms with E-state index in [4.69, 9.17) is 0 Å². The highest BCUT2D eigenvalue weighted by Gasteiger charge is 2.24. The van der Waals surface area contributed by atoms with Crippen molar-refractivity contribution in [2.45, 2.75) is 25.5 Å². The van der Waals surface area contributed by atoms with Crippen LogP contribution in [0.25, 0.3) is 0 Å². The number of aliphatic hydroxyl groups excluding tert-OH is 1. The molecule has 1 atom stereocenters. The van der Waals surface area contributed by atoms with Crippen molar-refractivity contribution in [3.63, 3.8) is 0 Å². The molecule has 2 aliphatic heterocycles. The Balaban J connectivity index is 0.00000210. The minimum atomic E-state index is -0.393. The van der Waals surface area contributed by atoms with Gasteiger partial charge in [-0.2, -0.15) is 0 Å². The molecule has 7 nitrogen and oxygen atoms in total. The summed E-state index contributed by atoms with van der Waals surface area (Å²) in [4.78, 5) is 20.3. The smallest absolute Gasteiger partial charge is 0.224 e. The zero-order valence-corrected chi connectivity index (χ0v) is 16.1. The monoisotopic (exact) mass is 391 g/mol. The molecule has 0 bridgehead atoms. The topological polar surface area (TPSA) is 73.6 Å². The van der Waals surface area contributed by atoms with Gasteiger partial charge in [0, 0.05) is 62.9 Å². The highest BCUT2D eigenvalue weighted by Crippen LogP contribution is 2.32. The average Bonchev–Trinajstić information content (AvgIpc) is 3.14. The number of aromatic nitrogens is 2. The van der Waals surface area contributed by atoms with Gasteiger partial charge in [0.1, 0.15) is 0 Å². The van der Waals surface area contributed by atoms with Crippen molar-refractivity contribution in [2.75, 3.05) is 42.9 Å². The number of nitrogens with one attached hydrogen (secondary N) is 1. The van der Waals surface area contributed by atoms with Gasteiger partial charge in [-0.15, -0.1) is 12.4 Å². The van der Waals surface area contributed by atoms with E-state index in [2.05, 4.69) is 26.2 Å². The number of amides is 1. The van der Waals surface area contributed by atoms with E-state index in [-0.39, 0.29) is 18.3 Å². The van der Waals surface area contributed by atoms with Crippen molar-refractivity contribution in [1.82, 2.24) is 14.5 Å². The summed E-state index contributed by atoms with van der Waals surface area (Å²) in [6.45, 7) is 4.97. The molecule has 1 aromatic carbocycles. The Morgan fingerprint density at radius 1 is 1.15 bits per heavy atom. The van der Waals surface area contributed by atoms with Gasteiger partial charge in [0.25, 0.3) is 0 Å². The van der Waals surface area contributed by atoms with Crippen molar-refractivity contribution in [2.24, 2.45) is 0 Å². The Labute approximate surface area is 165 Å². The van der Waals surface area contributed by atoms with Crippen molar-refractivity contribution >= 4 is 29.7 Å². The zero-order chi connectivity index (χ0) is 17.9. The first-order chi connectivity index (χ1) is 12.7. The normalized spacial score (nSPS) is 18.4. The van der Waals surface area contributed by atoms with E-state index in [9.17, 15) is 9.90 Å². The molecule has 0 radical (unpaired) electrons. The van der Waals surface area contributed by atoms with Crippen molar-refractivity contribution in [1.29, 1.82) is 0 Å². The summed E-state index contributed by atoms with van der Waals surface area (Å²) in [7, 11) is 0. The van der Waals surface area contributed by atoms with Crippen LogP contribution in [-0.2, 0) is 17.8 Å². The first kappa shape index (κ1) is 19.7. The van der Waals surface area contributed by atoms with Gasteiger partial charge in [0.15, 0.2) is 0 Å². The van der Waals surface area contributed by atoms with Gasteiger partial charge in [-0.25, -0.2) is 4.98 Å². The van der Waals surface area contributed by atoms with E-state index in [0.29, 0.717) is 19.5 Å². The molecule has 27 heavy (non-hydrogen) atoms. The summed E-state index contributed by atoms with van der Waals surface area (Å²) in [5.41, 5.74) is 3.44. The Morgan fingerprint density at radius 2 is 1.96 bits per heavy atom. The second kappa shape index (κ2) is 8.73. The number of hydrogen-bond acceptors (Lipinski definition) is 5. The van der Waals surface area contributed by atoms with Crippen LogP contribution in [0.2, 0.25) is 0 Å². The van der Waals surface area contributed by atoms with Gasteiger partial charge in [-0.05, 0) is 24.1 Å². The number of imidazole rings is 1. The summed E-state index contributed by atoms with van der Waals surface area (Å²) in [5, 5.41) is 13.3. The molecule has 1 amide bonds. The molecular weight excluding hydrogens is 366 g/mol. The number of piperazine rings is 1. The van der Waals surface area contributed by atoms with Crippen molar-refractivity contribution in [3.8, 4) is 0 Å². The van der Waals surface area contributed by atoms with E-state index < -0.39 is 6.10 Å². The Hall–Kier alpha value is -2.09. The van der Waals surface area contributed by atoms with Gasteiger partial charge >= 0.3 is 0 Å². The lowest BCUT2D eigenvalue weighted by Gasteiger charge is -2.38. The lowest BCUT2D eigenvalue weighted by atomic mass is 10.00. The number of halogens is 1. The highest BCUT2D eigenvalue weighted by molar-refractivity contribution is 5.95. The minimum Gasteiger partial charge on any atom is -0.390 e. The fourth-order valence-electron chi connectivity index (χ4n) is 3.87. The van der Waals surface area contributed by atoms with Crippen LogP contribution >= 0.6 is 12.4 Å². The van der Waals surface area contributed by atoms with Crippen LogP contribution in [-0.4, -0.2) is 64.3 Å². The number of β-amino-alcohol motifs (C(OH)–C–C–N with tert-alkyl or cyclic N) is 1. The van der Waals surface area contributed by atoms with Crippen LogP contribution < -0.4 is 10.2 Å². The molecule has 0 aliphatic carbocycles.